The molecule has 0 spiro atoms. The first-order valence-electron chi connectivity index (χ1n) is 8.20. The van der Waals surface area contributed by atoms with Crippen LogP contribution in [0.1, 0.15) is 48.4 Å². The van der Waals surface area contributed by atoms with Crippen LogP contribution in [-0.2, 0) is 0 Å². The molecule has 0 radical (unpaired) electrons. The van der Waals surface area contributed by atoms with Crippen LogP contribution in [0.15, 0.2) is 47.6 Å². The molecule has 1 aromatic carbocycles. The van der Waals surface area contributed by atoms with Crippen LogP contribution in [-0.4, -0.2) is 28.1 Å². The second-order valence-corrected chi connectivity index (χ2v) is 7.75. The second-order valence-electron chi connectivity index (χ2n) is 6.18. The third kappa shape index (κ3) is 5.60. The minimum Gasteiger partial charge on any atom is -0.350 e. The number of pyridine rings is 1. The van der Waals surface area contributed by atoms with Gasteiger partial charge in [0.05, 0.1) is 5.56 Å². The van der Waals surface area contributed by atoms with Gasteiger partial charge < -0.3 is 10.6 Å². The lowest BCUT2D eigenvalue weighted by Crippen LogP contribution is -2.30. The molecular formula is C19H23N3O2S. The summed E-state index contributed by atoms with van der Waals surface area (Å²) < 4.78 is 0. The molecule has 0 unspecified atom stereocenters. The van der Waals surface area contributed by atoms with Crippen molar-refractivity contribution in [2.75, 3.05) is 5.32 Å². The molecule has 2 aromatic rings. The van der Waals surface area contributed by atoms with Crippen LogP contribution >= 0.6 is 11.8 Å². The SMILES string of the molecule is CC(C)NC(=O)c1ccc(NC(=O)c2cccnc2SC(C)C)cc1. The Kier molecular flexibility index (Phi) is 6.58. The van der Waals surface area contributed by atoms with Gasteiger partial charge in [-0.05, 0) is 50.2 Å². The number of carbonyl (C=O) groups is 2. The second kappa shape index (κ2) is 8.67. The van der Waals surface area contributed by atoms with Gasteiger partial charge in [0, 0.05) is 28.7 Å². The van der Waals surface area contributed by atoms with E-state index in [-0.39, 0.29) is 17.9 Å². The van der Waals surface area contributed by atoms with E-state index in [0.717, 1.165) is 0 Å². The molecule has 0 aliphatic heterocycles. The Balaban J connectivity index is 2.10. The molecule has 0 aliphatic rings. The predicted octanol–water partition coefficient (Wildman–Crippen LogP) is 3.97. The Hall–Kier alpha value is -2.34. The minimum atomic E-state index is -0.212. The first-order valence-corrected chi connectivity index (χ1v) is 9.08. The van der Waals surface area contributed by atoms with E-state index < -0.39 is 0 Å². The Morgan fingerprint density at radius 2 is 1.68 bits per heavy atom. The summed E-state index contributed by atoms with van der Waals surface area (Å²) in [6.45, 7) is 7.93. The number of nitrogens with zero attached hydrogens (tertiary/aromatic N) is 1. The molecular weight excluding hydrogens is 334 g/mol. The molecule has 0 bridgehead atoms. The normalized spacial score (nSPS) is 10.8. The average Bonchev–Trinajstić information content (AvgIpc) is 2.54. The Morgan fingerprint density at radius 3 is 2.28 bits per heavy atom. The van der Waals surface area contributed by atoms with Crippen LogP contribution in [0.2, 0.25) is 0 Å². The van der Waals surface area contributed by atoms with E-state index in [1.807, 2.05) is 13.8 Å². The number of rotatable bonds is 6. The van der Waals surface area contributed by atoms with E-state index in [1.54, 1.807) is 54.4 Å². The molecule has 2 rings (SSSR count). The van der Waals surface area contributed by atoms with Crippen molar-refractivity contribution >= 4 is 29.3 Å². The van der Waals surface area contributed by atoms with Crippen molar-refractivity contribution in [3.05, 3.63) is 53.7 Å². The van der Waals surface area contributed by atoms with Gasteiger partial charge >= 0.3 is 0 Å². The van der Waals surface area contributed by atoms with Gasteiger partial charge in [-0.15, -0.1) is 11.8 Å². The lowest BCUT2D eigenvalue weighted by atomic mass is 10.1. The van der Waals surface area contributed by atoms with Crippen molar-refractivity contribution in [1.29, 1.82) is 0 Å². The van der Waals surface area contributed by atoms with Crippen molar-refractivity contribution < 1.29 is 9.59 Å². The predicted molar refractivity (Wildman–Crippen MR) is 102 cm³/mol. The van der Waals surface area contributed by atoms with Gasteiger partial charge in [-0.1, -0.05) is 13.8 Å². The van der Waals surface area contributed by atoms with E-state index in [0.29, 0.717) is 27.1 Å². The smallest absolute Gasteiger partial charge is 0.258 e. The lowest BCUT2D eigenvalue weighted by Gasteiger charge is -2.11. The molecule has 132 valence electrons. The van der Waals surface area contributed by atoms with Crippen LogP contribution in [0.25, 0.3) is 0 Å². The molecule has 6 heteroatoms. The number of aromatic nitrogens is 1. The largest absolute Gasteiger partial charge is 0.350 e. The first-order chi connectivity index (χ1) is 11.9. The maximum absolute atomic E-state index is 12.5. The Bertz CT molecular complexity index is 743. The number of hydrogen-bond donors (Lipinski definition) is 2. The van der Waals surface area contributed by atoms with Crippen LogP contribution in [0.4, 0.5) is 5.69 Å². The molecule has 25 heavy (non-hydrogen) atoms. The van der Waals surface area contributed by atoms with Crippen molar-refractivity contribution in [2.24, 2.45) is 0 Å². The monoisotopic (exact) mass is 357 g/mol. The molecule has 5 nitrogen and oxygen atoms in total. The average molecular weight is 357 g/mol. The van der Waals surface area contributed by atoms with Crippen LogP contribution in [0.5, 0.6) is 0 Å². The maximum Gasteiger partial charge on any atom is 0.258 e. The van der Waals surface area contributed by atoms with Gasteiger partial charge in [0.2, 0.25) is 0 Å². The van der Waals surface area contributed by atoms with Gasteiger partial charge in [-0.3, -0.25) is 9.59 Å². The Labute approximate surface area is 152 Å². The summed E-state index contributed by atoms with van der Waals surface area (Å²) in [4.78, 5) is 28.8. The zero-order valence-corrected chi connectivity index (χ0v) is 15.7. The number of hydrogen-bond acceptors (Lipinski definition) is 4. The minimum absolute atomic E-state index is 0.0781. The zero-order valence-electron chi connectivity index (χ0n) is 14.9. The lowest BCUT2D eigenvalue weighted by molar-refractivity contribution is 0.0942. The number of benzene rings is 1. The van der Waals surface area contributed by atoms with Crippen LogP contribution < -0.4 is 10.6 Å². The van der Waals surface area contributed by atoms with E-state index >= 15 is 0 Å². The van der Waals surface area contributed by atoms with Crippen molar-refractivity contribution in [2.45, 2.75) is 44.0 Å². The summed E-state index contributed by atoms with van der Waals surface area (Å²) in [7, 11) is 0. The van der Waals surface area contributed by atoms with Gasteiger partial charge in [0.15, 0.2) is 0 Å². The summed E-state index contributed by atoms with van der Waals surface area (Å²) in [5, 5.41) is 6.73. The highest BCUT2D eigenvalue weighted by Crippen LogP contribution is 2.25. The molecule has 2 amide bonds. The summed E-state index contributed by atoms with van der Waals surface area (Å²) in [5.41, 5.74) is 1.74. The molecule has 0 saturated heterocycles. The highest BCUT2D eigenvalue weighted by molar-refractivity contribution is 7.99. The van der Waals surface area contributed by atoms with Gasteiger partial charge in [-0.2, -0.15) is 0 Å². The summed E-state index contributed by atoms with van der Waals surface area (Å²) in [6, 6.07) is 10.4. The summed E-state index contributed by atoms with van der Waals surface area (Å²) in [6.07, 6.45) is 1.68. The zero-order chi connectivity index (χ0) is 18.4. The van der Waals surface area contributed by atoms with Gasteiger partial charge in [0.25, 0.3) is 11.8 Å². The third-order valence-electron chi connectivity index (χ3n) is 3.19. The van der Waals surface area contributed by atoms with E-state index in [9.17, 15) is 9.59 Å². The van der Waals surface area contributed by atoms with Gasteiger partial charge in [-0.25, -0.2) is 4.98 Å². The highest BCUT2D eigenvalue weighted by atomic mass is 32.2. The Morgan fingerprint density at radius 1 is 1.00 bits per heavy atom. The number of anilines is 1. The van der Waals surface area contributed by atoms with E-state index in [4.69, 9.17) is 0 Å². The number of thioether (sulfide) groups is 1. The summed E-state index contributed by atoms with van der Waals surface area (Å²) >= 11 is 1.55. The van der Waals surface area contributed by atoms with E-state index in [1.165, 1.54) is 0 Å². The van der Waals surface area contributed by atoms with Crippen LogP contribution in [0.3, 0.4) is 0 Å². The molecule has 0 aliphatic carbocycles. The fourth-order valence-electron chi connectivity index (χ4n) is 2.13. The highest BCUT2D eigenvalue weighted by Gasteiger charge is 2.14. The van der Waals surface area contributed by atoms with Crippen LogP contribution in [0, 0.1) is 0 Å². The molecule has 1 aromatic heterocycles. The molecule has 0 saturated carbocycles. The first kappa shape index (κ1) is 19.0. The van der Waals surface area contributed by atoms with Crippen molar-refractivity contribution in [1.82, 2.24) is 10.3 Å². The van der Waals surface area contributed by atoms with Crippen molar-refractivity contribution in [3.8, 4) is 0 Å². The maximum atomic E-state index is 12.5. The number of amides is 2. The number of nitrogens with one attached hydrogen (secondary N) is 2. The third-order valence-corrected chi connectivity index (χ3v) is 4.21. The van der Waals surface area contributed by atoms with E-state index in [2.05, 4.69) is 29.5 Å². The standard InChI is InChI=1S/C19H23N3O2S/c1-12(2)21-17(23)14-7-9-15(10-8-14)22-18(24)16-6-5-11-20-19(16)25-13(3)4/h5-13H,1-4H3,(H,21,23)(H,22,24). The number of carbonyl (C=O) groups excluding carboxylic acids is 2. The molecule has 0 atom stereocenters. The molecule has 0 fully saturated rings. The summed E-state index contributed by atoms with van der Waals surface area (Å²) in [5.74, 6) is -0.341. The molecule has 2 N–H and O–H groups in total. The van der Waals surface area contributed by atoms with Crippen molar-refractivity contribution in [3.63, 3.8) is 0 Å². The molecule has 1 heterocycles. The topological polar surface area (TPSA) is 71.1 Å². The fraction of sp³-hybridized carbons (Fsp3) is 0.316. The quantitative estimate of drug-likeness (QED) is 0.767. The fourth-order valence-corrected chi connectivity index (χ4v) is 2.99. The van der Waals surface area contributed by atoms with Gasteiger partial charge in [0.1, 0.15) is 5.03 Å².